The van der Waals surface area contributed by atoms with Gasteiger partial charge in [0.15, 0.2) is 0 Å². The molecule has 0 spiro atoms. The fraction of sp³-hybridized carbons (Fsp3) is 0.400. The second-order valence-corrected chi connectivity index (χ2v) is 8.89. The number of para-hydroxylation sites is 1. The van der Waals surface area contributed by atoms with Crippen molar-refractivity contribution in [1.29, 1.82) is 0 Å². The van der Waals surface area contributed by atoms with Crippen LogP contribution in [0.25, 0.3) is 11.0 Å². The molecule has 1 aliphatic rings. The molecule has 1 N–H and O–H groups in total. The number of nitro groups is 1. The zero-order valence-corrected chi connectivity index (χ0v) is 20.6. The standard InChI is InChI=1S/C25H30N6O5/c1-4-36-25(33)29-13-11-28(12-14-29)16-23-27-20-15-18(9-10-22(20)30(23)17(2)3)26-24(32)19-7-5-6-8-21(19)31(34)35/h5-10,15,17H,4,11-14,16H2,1-3H3,(H,26,32). The highest BCUT2D eigenvalue weighted by atomic mass is 16.6. The third kappa shape index (κ3) is 5.30. The van der Waals surface area contributed by atoms with E-state index in [0.717, 1.165) is 29.9 Å². The predicted molar refractivity (Wildman–Crippen MR) is 135 cm³/mol. The molecule has 4 rings (SSSR count). The molecule has 3 aromatic rings. The molecule has 2 heterocycles. The van der Waals surface area contributed by atoms with Gasteiger partial charge in [-0.15, -0.1) is 0 Å². The number of aromatic nitrogens is 2. The lowest BCUT2D eigenvalue weighted by molar-refractivity contribution is -0.385. The monoisotopic (exact) mass is 494 g/mol. The van der Waals surface area contributed by atoms with Gasteiger partial charge in [0.05, 0.1) is 29.1 Å². The lowest BCUT2D eigenvalue weighted by Crippen LogP contribution is -2.48. The molecule has 1 aromatic heterocycles. The SMILES string of the molecule is CCOC(=O)N1CCN(Cc2nc3cc(NC(=O)c4ccccc4[N+](=O)[O-])ccc3n2C(C)C)CC1. The minimum Gasteiger partial charge on any atom is -0.450 e. The maximum absolute atomic E-state index is 12.7. The Hall–Kier alpha value is -3.99. The van der Waals surface area contributed by atoms with Crippen LogP contribution in [0.5, 0.6) is 0 Å². The second kappa shape index (κ2) is 10.7. The Morgan fingerprint density at radius 1 is 1.14 bits per heavy atom. The number of carbonyl (C=O) groups is 2. The number of hydrogen-bond acceptors (Lipinski definition) is 7. The smallest absolute Gasteiger partial charge is 0.409 e. The number of imidazole rings is 1. The van der Waals surface area contributed by atoms with E-state index in [1.54, 1.807) is 30.0 Å². The van der Waals surface area contributed by atoms with Crippen LogP contribution in [0, 0.1) is 10.1 Å². The van der Waals surface area contributed by atoms with E-state index >= 15 is 0 Å². The summed E-state index contributed by atoms with van der Waals surface area (Å²) in [6, 6.07) is 11.5. The molecule has 0 saturated carbocycles. The lowest BCUT2D eigenvalue weighted by atomic mass is 10.1. The zero-order chi connectivity index (χ0) is 25.8. The van der Waals surface area contributed by atoms with Gasteiger partial charge in [0.1, 0.15) is 11.4 Å². The first-order valence-corrected chi connectivity index (χ1v) is 12.0. The Balaban J connectivity index is 1.52. The fourth-order valence-electron chi connectivity index (χ4n) is 4.44. The summed E-state index contributed by atoms with van der Waals surface area (Å²) in [5.41, 5.74) is 1.93. The number of nitrogens with one attached hydrogen (secondary N) is 1. The summed E-state index contributed by atoms with van der Waals surface area (Å²) < 4.78 is 7.27. The second-order valence-electron chi connectivity index (χ2n) is 8.89. The van der Waals surface area contributed by atoms with Crippen molar-refractivity contribution in [2.45, 2.75) is 33.4 Å². The van der Waals surface area contributed by atoms with Crippen LogP contribution < -0.4 is 5.32 Å². The van der Waals surface area contributed by atoms with Gasteiger partial charge in [-0.1, -0.05) is 12.1 Å². The molecule has 0 bridgehead atoms. The molecule has 1 fully saturated rings. The van der Waals surface area contributed by atoms with Gasteiger partial charge in [-0.25, -0.2) is 9.78 Å². The quantitative estimate of drug-likeness (QED) is 0.388. The molecule has 36 heavy (non-hydrogen) atoms. The van der Waals surface area contributed by atoms with Crippen LogP contribution in [0.3, 0.4) is 0 Å². The number of rotatable bonds is 7. The van der Waals surface area contributed by atoms with Crippen molar-refractivity contribution in [2.75, 3.05) is 38.1 Å². The molecule has 0 aliphatic carbocycles. The maximum atomic E-state index is 12.7. The number of benzene rings is 2. The van der Waals surface area contributed by atoms with E-state index in [9.17, 15) is 19.7 Å². The summed E-state index contributed by atoms with van der Waals surface area (Å²) in [6.45, 7) is 9.61. The topological polar surface area (TPSA) is 123 Å². The van der Waals surface area contributed by atoms with Crippen LogP contribution in [-0.4, -0.2) is 69.1 Å². The van der Waals surface area contributed by atoms with Crippen molar-refractivity contribution in [1.82, 2.24) is 19.4 Å². The summed E-state index contributed by atoms with van der Waals surface area (Å²) in [5.74, 6) is 0.344. The Bertz CT molecular complexity index is 1280. The number of carbonyl (C=O) groups excluding carboxylic acids is 2. The number of nitro benzene ring substituents is 1. The molecule has 2 amide bonds. The van der Waals surface area contributed by atoms with E-state index in [2.05, 4.69) is 28.6 Å². The van der Waals surface area contributed by atoms with Crippen LogP contribution >= 0.6 is 0 Å². The number of piperazine rings is 1. The van der Waals surface area contributed by atoms with E-state index in [0.29, 0.717) is 31.9 Å². The molecule has 11 heteroatoms. The highest BCUT2D eigenvalue weighted by Crippen LogP contribution is 2.26. The van der Waals surface area contributed by atoms with Gasteiger partial charge in [-0.2, -0.15) is 0 Å². The molecule has 11 nitrogen and oxygen atoms in total. The number of nitrogens with zero attached hydrogens (tertiary/aromatic N) is 5. The largest absolute Gasteiger partial charge is 0.450 e. The van der Waals surface area contributed by atoms with Crippen molar-refractivity contribution in [2.24, 2.45) is 0 Å². The first-order valence-electron chi connectivity index (χ1n) is 12.0. The van der Waals surface area contributed by atoms with Crippen LogP contribution in [-0.2, 0) is 11.3 Å². The normalized spacial score (nSPS) is 14.3. The van der Waals surface area contributed by atoms with E-state index in [1.807, 2.05) is 6.07 Å². The number of anilines is 1. The summed E-state index contributed by atoms with van der Waals surface area (Å²) >= 11 is 0. The molecule has 0 atom stereocenters. The molecule has 1 saturated heterocycles. The van der Waals surface area contributed by atoms with E-state index in [-0.39, 0.29) is 23.4 Å². The van der Waals surface area contributed by atoms with Gasteiger partial charge in [-0.05, 0) is 45.0 Å². The number of hydrogen-bond donors (Lipinski definition) is 1. The van der Waals surface area contributed by atoms with Crippen molar-refractivity contribution in [3.8, 4) is 0 Å². The first-order chi connectivity index (χ1) is 17.3. The Kier molecular flexibility index (Phi) is 7.49. The van der Waals surface area contributed by atoms with Crippen LogP contribution in [0.4, 0.5) is 16.2 Å². The highest BCUT2D eigenvalue weighted by Gasteiger charge is 2.24. The molecular weight excluding hydrogens is 464 g/mol. The van der Waals surface area contributed by atoms with Gasteiger partial charge >= 0.3 is 6.09 Å². The molecule has 190 valence electrons. The van der Waals surface area contributed by atoms with E-state index < -0.39 is 10.8 Å². The fourth-order valence-corrected chi connectivity index (χ4v) is 4.44. The molecular formula is C25H30N6O5. The molecule has 1 aliphatic heterocycles. The predicted octanol–water partition coefficient (Wildman–Crippen LogP) is 4.05. The minimum atomic E-state index is -0.568. The number of ether oxygens (including phenoxy) is 1. The molecule has 0 unspecified atom stereocenters. The summed E-state index contributed by atoms with van der Waals surface area (Å²) in [5, 5.41) is 14.0. The van der Waals surface area contributed by atoms with Crippen LogP contribution in [0.2, 0.25) is 0 Å². The minimum absolute atomic E-state index is 0.00189. The van der Waals surface area contributed by atoms with Crippen molar-refractivity contribution >= 4 is 34.4 Å². The molecule has 2 aromatic carbocycles. The van der Waals surface area contributed by atoms with Crippen molar-refractivity contribution in [3.05, 3.63) is 64.0 Å². The van der Waals surface area contributed by atoms with E-state index in [1.165, 1.54) is 18.2 Å². The summed E-state index contributed by atoms with van der Waals surface area (Å²) in [4.78, 5) is 44.3. The third-order valence-electron chi connectivity index (χ3n) is 6.15. The molecule has 0 radical (unpaired) electrons. The average Bonchev–Trinajstić information content (AvgIpc) is 3.21. The Labute approximate surface area is 208 Å². The van der Waals surface area contributed by atoms with Crippen LogP contribution in [0.15, 0.2) is 42.5 Å². The zero-order valence-electron chi connectivity index (χ0n) is 20.6. The lowest BCUT2D eigenvalue weighted by Gasteiger charge is -2.34. The summed E-state index contributed by atoms with van der Waals surface area (Å²) in [7, 11) is 0. The van der Waals surface area contributed by atoms with E-state index in [4.69, 9.17) is 9.72 Å². The van der Waals surface area contributed by atoms with Crippen LogP contribution in [0.1, 0.15) is 43.0 Å². The van der Waals surface area contributed by atoms with Crippen molar-refractivity contribution < 1.29 is 19.2 Å². The summed E-state index contributed by atoms with van der Waals surface area (Å²) in [6.07, 6.45) is -0.276. The van der Waals surface area contributed by atoms with Gasteiger partial charge in [0, 0.05) is 44.0 Å². The van der Waals surface area contributed by atoms with Crippen molar-refractivity contribution in [3.63, 3.8) is 0 Å². The maximum Gasteiger partial charge on any atom is 0.409 e. The Morgan fingerprint density at radius 3 is 2.53 bits per heavy atom. The van der Waals surface area contributed by atoms with Gasteiger partial charge in [0.2, 0.25) is 0 Å². The third-order valence-corrected chi connectivity index (χ3v) is 6.15. The Morgan fingerprint density at radius 2 is 1.86 bits per heavy atom. The van der Waals surface area contributed by atoms with Gasteiger partial charge < -0.3 is 19.5 Å². The highest BCUT2D eigenvalue weighted by molar-refractivity contribution is 6.07. The van der Waals surface area contributed by atoms with Gasteiger partial charge in [-0.3, -0.25) is 19.8 Å². The average molecular weight is 495 g/mol. The number of amides is 2. The first kappa shape index (κ1) is 25.1. The number of fused-ring (bicyclic) bond motifs is 1. The van der Waals surface area contributed by atoms with Gasteiger partial charge in [0.25, 0.3) is 11.6 Å².